The zero-order valence-corrected chi connectivity index (χ0v) is 20.9. The van der Waals surface area contributed by atoms with E-state index in [2.05, 4.69) is 46.7 Å². The van der Waals surface area contributed by atoms with E-state index in [9.17, 15) is 4.79 Å². The third-order valence-corrected chi connectivity index (χ3v) is 6.56. The fourth-order valence-electron chi connectivity index (χ4n) is 3.87. The van der Waals surface area contributed by atoms with Crippen LogP contribution < -0.4 is 19.5 Å². The van der Waals surface area contributed by atoms with Crippen molar-refractivity contribution in [3.63, 3.8) is 0 Å². The first kappa shape index (κ1) is 24.3. The molecule has 0 aliphatic carbocycles. The molecule has 4 aromatic rings. The van der Waals surface area contributed by atoms with E-state index in [0.717, 1.165) is 16.0 Å². The molecular formula is C28H28N2O4S. The first-order valence-electron chi connectivity index (χ1n) is 11.3. The summed E-state index contributed by atoms with van der Waals surface area (Å²) in [7, 11) is 4.78. The lowest BCUT2D eigenvalue weighted by Gasteiger charge is -2.15. The molecule has 1 N–H and O–H groups in total. The first-order chi connectivity index (χ1) is 17.1. The monoisotopic (exact) mass is 488 g/mol. The fraction of sp³-hybridized carbons (Fsp3) is 0.214. The number of benzene rings is 3. The minimum atomic E-state index is -0.0540. The van der Waals surface area contributed by atoms with E-state index in [1.165, 1.54) is 22.5 Å². The minimum Gasteiger partial charge on any atom is -0.493 e. The average Bonchev–Trinajstić information content (AvgIpc) is 3.34. The topological polar surface area (TPSA) is 69.7 Å². The van der Waals surface area contributed by atoms with Gasteiger partial charge in [0.25, 0.3) is 0 Å². The molecule has 180 valence electrons. The van der Waals surface area contributed by atoms with E-state index < -0.39 is 0 Å². The number of methoxy groups -OCH3 is 3. The van der Waals surface area contributed by atoms with Crippen molar-refractivity contribution >= 4 is 22.4 Å². The van der Waals surface area contributed by atoms with Crippen LogP contribution in [-0.4, -0.2) is 32.2 Å². The van der Waals surface area contributed by atoms with Gasteiger partial charge >= 0.3 is 0 Å². The number of thiazole rings is 1. The Bertz CT molecular complexity index is 1270. The number of hydrogen-bond acceptors (Lipinski definition) is 6. The number of carbonyl (C=O) groups is 1. The number of hydrogen-bond donors (Lipinski definition) is 1. The Kier molecular flexibility index (Phi) is 8.00. The maximum Gasteiger partial charge on any atom is 0.226 e. The lowest BCUT2D eigenvalue weighted by Crippen LogP contribution is -2.11. The van der Waals surface area contributed by atoms with Gasteiger partial charge < -0.3 is 19.5 Å². The van der Waals surface area contributed by atoms with Gasteiger partial charge in [0.1, 0.15) is 0 Å². The quantitative estimate of drug-likeness (QED) is 0.297. The van der Waals surface area contributed by atoms with E-state index in [1.54, 1.807) is 27.5 Å². The lowest BCUT2D eigenvalue weighted by molar-refractivity contribution is -0.116. The standard InChI is InChI=1S/C28H28N2O4S/c1-32-24-15-14-22(26(33-2)27(24)34-3)17-23-18-29-28(35-23)30-25(31)16-11-19-9-12-21(13-10-19)20-7-5-4-6-8-20/h4-10,12-15,18H,11,16-17H2,1-3H3,(H,29,30,31). The number of ether oxygens (including phenoxy) is 3. The number of nitrogens with zero attached hydrogens (tertiary/aromatic N) is 1. The van der Waals surface area contributed by atoms with Crippen molar-refractivity contribution < 1.29 is 19.0 Å². The Morgan fingerprint density at radius 2 is 1.57 bits per heavy atom. The maximum atomic E-state index is 12.5. The number of nitrogens with one attached hydrogen (secondary N) is 1. The Morgan fingerprint density at radius 1 is 0.857 bits per heavy atom. The molecule has 3 aromatic carbocycles. The van der Waals surface area contributed by atoms with Gasteiger partial charge in [-0.15, -0.1) is 11.3 Å². The highest BCUT2D eigenvalue weighted by Gasteiger charge is 2.17. The van der Waals surface area contributed by atoms with Crippen LogP contribution in [0.2, 0.25) is 0 Å². The average molecular weight is 489 g/mol. The van der Waals surface area contributed by atoms with Crippen LogP contribution in [0.15, 0.2) is 72.9 Å². The zero-order valence-electron chi connectivity index (χ0n) is 20.0. The molecule has 0 radical (unpaired) electrons. The van der Waals surface area contributed by atoms with E-state index in [1.807, 2.05) is 30.3 Å². The van der Waals surface area contributed by atoms with Gasteiger partial charge in [0.05, 0.1) is 21.3 Å². The highest BCUT2D eigenvalue weighted by atomic mass is 32.1. The number of anilines is 1. The number of aryl methyl sites for hydroxylation is 1. The summed E-state index contributed by atoms with van der Waals surface area (Å²) in [6.07, 6.45) is 3.44. The van der Waals surface area contributed by atoms with Gasteiger partial charge in [-0.3, -0.25) is 4.79 Å². The third-order valence-electron chi connectivity index (χ3n) is 5.65. The van der Waals surface area contributed by atoms with Crippen molar-refractivity contribution in [1.29, 1.82) is 0 Å². The van der Waals surface area contributed by atoms with E-state index in [4.69, 9.17) is 14.2 Å². The van der Waals surface area contributed by atoms with Crippen LogP contribution in [0.5, 0.6) is 17.2 Å². The van der Waals surface area contributed by atoms with Crippen LogP contribution in [0.4, 0.5) is 5.13 Å². The third kappa shape index (κ3) is 6.00. The lowest BCUT2D eigenvalue weighted by atomic mass is 10.0. The van der Waals surface area contributed by atoms with Crippen LogP contribution in [0.3, 0.4) is 0 Å². The van der Waals surface area contributed by atoms with Crippen molar-refractivity contribution in [3.05, 3.63) is 88.9 Å². The SMILES string of the molecule is COc1ccc(Cc2cnc(NC(=O)CCc3ccc(-c4ccccc4)cc3)s2)c(OC)c1OC. The predicted molar refractivity (Wildman–Crippen MR) is 140 cm³/mol. The summed E-state index contributed by atoms with van der Waals surface area (Å²) in [5.41, 5.74) is 4.42. The summed E-state index contributed by atoms with van der Waals surface area (Å²) < 4.78 is 16.4. The molecule has 0 atom stereocenters. The van der Waals surface area contributed by atoms with E-state index >= 15 is 0 Å². The van der Waals surface area contributed by atoms with Gasteiger partial charge in [-0.1, -0.05) is 60.7 Å². The summed E-state index contributed by atoms with van der Waals surface area (Å²) in [6, 6.07) is 22.4. The van der Waals surface area contributed by atoms with E-state index in [0.29, 0.717) is 41.6 Å². The van der Waals surface area contributed by atoms with Crippen molar-refractivity contribution in [1.82, 2.24) is 4.98 Å². The largest absolute Gasteiger partial charge is 0.493 e. The van der Waals surface area contributed by atoms with Crippen LogP contribution in [-0.2, 0) is 17.6 Å². The zero-order chi connectivity index (χ0) is 24.6. The molecule has 0 aliphatic heterocycles. The van der Waals surface area contributed by atoms with Crippen LogP contribution in [0, 0.1) is 0 Å². The van der Waals surface area contributed by atoms with Crippen molar-refractivity contribution in [2.24, 2.45) is 0 Å². The second kappa shape index (κ2) is 11.5. The van der Waals surface area contributed by atoms with Gasteiger partial charge in [0.2, 0.25) is 11.7 Å². The Labute approximate surface area is 209 Å². The number of aromatic nitrogens is 1. The molecule has 1 amide bonds. The van der Waals surface area contributed by atoms with Gasteiger partial charge in [-0.05, 0) is 29.2 Å². The Balaban J connectivity index is 1.33. The molecule has 4 rings (SSSR count). The van der Waals surface area contributed by atoms with Gasteiger partial charge in [-0.2, -0.15) is 0 Å². The van der Waals surface area contributed by atoms with Gasteiger partial charge in [-0.25, -0.2) is 4.98 Å². The van der Waals surface area contributed by atoms with Crippen LogP contribution >= 0.6 is 11.3 Å². The normalized spacial score (nSPS) is 10.6. The number of rotatable bonds is 10. The highest BCUT2D eigenvalue weighted by Crippen LogP contribution is 2.41. The summed E-state index contributed by atoms with van der Waals surface area (Å²) in [5, 5.41) is 3.50. The highest BCUT2D eigenvalue weighted by molar-refractivity contribution is 7.15. The molecule has 0 bridgehead atoms. The molecule has 0 fully saturated rings. The van der Waals surface area contributed by atoms with Crippen LogP contribution in [0.25, 0.3) is 11.1 Å². The molecule has 35 heavy (non-hydrogen) atoms. The Hall–Kier alpha value is -3.84. The molecule has 0 spiro atoms. The molecule has 0 aliphatic rings. The van der Waals surface area contributed by atoms with E-state index in [-0.39, 0.29) is 5.91 Å². The minimum absolute atomic E-state index is 0.0540. The summed E-state index contributed by atoms with van der Waals surface area (Å²) in [4.78, 5) is 17.9. The molecule has 1 heterocycles. The first-order valence-corrected chi connectivity index (χ1v) is 12.1. The van der Waals surface area contributed by atoms with Crippen molar-refractivity contribution in [2.45, 2.75) is 19.3 Å². The Morgan fingerprint density at radius 3 is 2.26 bits per heavy atom. The maximum absolute atomic E-state index is 12.5. The molecule has 0 saturated heterocycles. The van der Waals surface area contributed by atoms with Crippen molar-refractivity contribution in [3.8, 4) is 28.4 Å². The second-order valence-electron chi connectivity index (χ2n) is 7.91. The van der Waals surface area contributed by atoms with Gasteiger partial charge in [0.15, 0.2) is 16.6 Å². The molecule has 1 aromatic heterocycles. The molecular weight excluding hydrogens is 460 g/mol. The smallest absolute Gasteiger partial charge is 0.226 e. The predicted octanol–water partition coefficient (Wildman–Crippen LogP) is 6.00. The fourth-order valence-corrected chi connectivity index (χ4v) is 4.72. The molecule has 0 unspecified atom stereocenters. The summed E-state index contributed by atoms with van der Waals surface area (Å²) >= 11 is 1.45. The summed E-state index contributed by atoms with van der Waals surface area (Å²) in [6.45, 7) is 0. The van der Waals surface area contributed by atoms with Gasteiger partial charge in [0, 0.05) is 29.5 Å². The number of carbonyl (C=O) groups excluding carboxylic acids is 1. The second-order valence-corrected chi connectivity index (χ2v) is 9.03. The van der Waals surface area contributed by atoms with Crippen LogP contribution in [0.1, 0.15) is 22.4 Å². The summed E-state index contributed by atoms with van der Waals surface area (Å²) in [5.74, 6) is 1.74. The number of amides is 1. The molecule has 0 saturated carbocycles. The molecule has 6 nitrogen and oxygen atoms in total. The van der Waals surface area contributed by atoms with Crippen molar-refractivity contribution in [2.75, 3.05) is 26.6 Å². The molecule has 7 heteroatoms.